The number of aliphatic imine (C=N–C) groups is 2. The Balaban J connectivity index is 2.33. The highest BCUT2D eigenvalue weighted by Crippen LogP contribution is 2.07. The first-order chi connectivity index (χ1) is 6.36. The summed E-state index contributed by atoms with van der Waals surface area (Å²) in [5.41, 5.74) is 1.78. The second kappa shape index (κ2) is 3.31. The zero-order valence-corrected chi connectivity index (χ0v) is 6.97. The summed E-state index contributed by atoms with van der Waals surface area (Å²) in [5, 5.41) is 0. The zero-order chi connectivity index (χ0) is 9.10. The maximum Gasteiger partial charge on any atom is 0.366 e. The number of amides is 2. The number of carbonyl (C=O) groups is 1. The van der Waals surface area contributed by atoms with E-state index in [1.165, 1.54) is 0 Å². The van der Waals surface area contributed by atoms with E-state index >= 15 is 0 Å². The monoisotopic (exact) mass is 172 g/mol. The minimum atomic E-state index is -0.412. The molecular weight excluding hydrogens is 164 g/mol. The third-order valence-electron chi connectivity index (χ3n) is 1.82. The highest BCUT2D eigenvalue weighted by molar-refractivity contribution is 6.15. The molecule has 1 aromatic rings. The Morgan fingerprint density at radius 1 is 1.15 bits per heavy atom. The van der Waals surface area contributed by atoms with Gasteiger partial charge in [0.25, 0.3) is 0 Å². The largest absolute Gasteiger partial charge is 0.366 e. The van der Waals surface area contributed by atoms with Crippen molar-refractivity contribution in [1.29, 1.82) is 0 Å². The molecule has 13 heavy (non-hydrogen) atoms. The van der Waals surface area contributed by atoms with Crippen LogP contribution in [0.1, 0.15) is 12.0 Å². The molecule has 0 aromatic heterocycles. The quantitative estimate of drug-likeness (QED) is 0.639. The number of rotatable bonds is 1. The van der Waals surface area contributed by atoms with Crippen LogP contribution in [0.2, 0.25) is 0 Å². The van der Waals surface area contributed by atoms with Crippen LogP contribution in [0.4, 0.5) is 4.79 Å². The zero-order valence-electron chi connectivity index (χ0n) is 6.97. The van der Waals surface area contributed by atoms with Crippen molar-refractivity contribution in [1.82, 2.24) is 0 Å². The number of urea groups is 1. The summed E-state index contributed by atoms with van der Waals surface area (Å²) in [5.74, 6) is 0. The van der Waals surface area contributed by atoms with Gasteiger partial charge >= 0.3 is 6.03 Å². The normalized spacial score (nSPS) is 15.7. The van der Waals surface area contributed by atoms with E-state index in [9.17, 15) is 4.79 Å². The Morgan fingerprint density at radius 3 is 2.62 bits per heavy atom. The van der Waals surface area contributed by atoms with Crippen LogP contribution < -0.4 is 0 Å². The first kappa shape index (κ1) is 7.86. The molecular formula is C10H8N2O. The van der Waals surface area contributed by atoms with Gasteiger partial charge in [-0.3, -0.25) is 0 Å². The van der Waals surface area contributed by atoms with E-state index in [4.69, 9.17) is 0 Å². The van der Waals surface area contributed by atoms with Crippen LogP contribution in [-0.2, 0) is 0 Å². The van der Waals surface area contributed by atoms with Crippen molar-refractivity contribution in [3.8, 4) is 0 Å². The van der Waals surface area contributed by atoms with Gasteiger partial charge in [0.1, 0.15) is 0 Å². The maximum atomic E-state index is 10.9. The molecule has 3 heteroatoms. The first-order valence-electron chi connectivity index (χ1n) is 4.06. The minimum absolute atomic E-state index is 0.412. The van der Waals surface area contributed by atoms with Crippen molar-refractivity contribution in [2.75, 3.05) is 0 Å². The predicted octanol–water partition coefficient (Wildman–Crippen LogP) is 2.07. The number of benzene rings is 1. The van der Waals surface area contributed by atoms with Gasteiger partial charge in [0, 0.05) is 12.6 Å². The first-order valence-corrected chi connectivity index (χ1v) is 4.06. The molecule has 3 nitrogen and oxygen atoms in total. The van der Waals surface area contributed by atoms with Gasteiger partial charge in [-0.1, -0.05) is 30.3 Å². The van der Waals surface area contributed by atoms with E-state index in [-0.39, 0.29) is 0 Å². The lowest BCUT2D eigenvalue weighted by Gasteiger charge is -2.04. The molecule has 1 aliphatic rings. The topological polar surface area (TPSA) is 41.8 Å². The molecule has 1 heterocycles. The molecule has 0 saturated carbocycles. The summed E-state index contributed by atoms with van der Waals surface area (Å²) < 4.78 is 0. The van der Waals surface area contributed by atoms with E-state index in [1.54, 1.807) is 6.21 Å². The third-order valence-corrected chi connectivity index (χ3v) is 1.82. The fraction of sp³-hybridized carbons (Fsp3) is 0.100. The summed E-state index contributed by atoms with van der Waals surface area (Å²) in [6, 6.07) is 9.24. The SMILES string of the molecule is O=C1N=CCC(c2ccccc2)=N1. The van der Waals surface area contributed by atoms with Gasteiger partial charge in [0.15, 0.2) is 0 Å². The Morgan fingerprint density at radius 2 is 1.92 bits per heavy atom. The number of hydrogen-bond donors (Lipinski definition) is 0. The van der Waals surface area contributed by atoms with E-state index < -0.39 is 6.03 Å². The Kier molecular flexibility index (Phi) is 2.00. The summed E-state index contributed by atoms with van der Waals surface area (Å²) in [7, 11) is 0. The standard InChI is InChI=1S/C10H8N2O/c13-10-11-7-6-9(12-10)8-4-2-1-3-5-8/h1-5,7H,6H2. The number of hydrogen-bond acceptors (Lipinski definition) is 1. The number of nitrogens with zero attached hydrogens (tertiary/aromatic N) is 2. The van der Waals surface area contributed by atoms with E-state index in [0.29, 0.717) is 6.42 Å². The van der Waals surface area contributed by atoms with Gasteiger partial charge in [-0.25, -0.2) is 9.79 Å². The molecule has 0 aliphatic carbocycles. The van der Waals surface area contributed by atoms with Gasteiger partial charge in [-0.15, -0.1) is 0 Å². The fourth-order valence-corrected chi connectivity index (χ4v) is 1.21. The summed E-state index contributed by atoms with van der Waals surface area (Å²) >= 11 is 0. The van der Waals surface area contributed by atoms with Crippen LogP contribution in [0.15, 0.2) is 40.3 Å². The average Bonchev–Trinajstić information content (AvgIpc) is 2.19. The van der Waals surface area contributed by atoms with E-state index in [0.717, 1.165) is 11.3 Å². The molecule has 0 spiro atoms. The predicted molar refractivity (Wildman–Crippen MR) is 51.5 cm³/mol. The van der Waals surface area contributed by atoms with Gasteiger partial charge in [0.2, 0.25) is 0 Å². The van der Waals surface area contributed by atoms with Crippen molar-refractivity contribution in [2.24, 2.45) is 9.98 Å². The van der Waals surface area contributed by atoms with Crippen LogP contribution in [0.3, 0.4) is 0 Å². The number of carbonyl (C=O) groups excluding carboxylic acids is 1. The van der Waals surface area contributed by atoms with Crippen LogP contribution in [-0.4, -0.2) is 18.0 Å². The van der Waals surface area contributed by atoms with Gasteiger partial charge in [-0.05, 0) is 5.56 Å². The summed E-state index contributed by atoms with van der Waals surface area (Å²) in [4.78, 5) is 18.2. The van der Waals surface area contributed by atoms with Gasteiger partial charge < -0.3 is 0 Å². The van der Waals surface area contributed by atoms with Crippen LogP contribution >= 0.6 is 0 Å². The lowest BCUT2D eigenvalue weighted by molar-refractivity contribution is 0.257. The smallest absolute Gasteiger partial charge is 0.244 e. The van der Waals surface area contributed by atoms with Crippen LogP contribution in [0.5, 0.6) is 0 Å². The van der Waals surface area contributed by atoms with Crippen LogP contribution in [0, 0.1) is 0 Å². The minimum Gasteiger partial charge on any atom is -0.244 e. The Labute approximate surface area is 75.8 Å². The highest BCUT2D eigenvalue weighted by atomic mass is 16.2. The molecule has 2 amide bonds. The molecule has 1 aromatic carbocycles. The molecule has 2 rings (SSSR count). The lowest BCUT2D eigenvalue weighted by Crippen LogP contribution is -2.08. The molecule has 1 aliphatic heterocycles. The molecule has 0 fully saturated rings. The molecule has 0 radical (unpaired) electrons. The van der Waals surface area contributed by atoms with Gasteiger partial charge in [-0.2, -0.15) is 4.99 Å². The lowest BCUT2D eigenvalue weighted by atomic mass is 10.1. The van der Waals surface area contributed by atoms with Crippen molar-refractivity contribution < 1.29 is 4.79 Å². The molecule has 0 saturated heterocycles. The average molecular weight is 172 g/mol. The molecule has 0 atom stereocenters. The van der Waals surface area contributed by atoms with Gasteiger partial charge in [0.05, 0.1) is 5.71 Å². The van der Waals surface area contributed by atoms with E-state index in [1.807, 2.05) is 30.3 Å². The molecule has 64 valence electrons. The highest BCUT2D eigenvalue weighted by Gasteiger charge is 2.08. The Hall–Kier alpha value is -1.77. The second-order valence-corrected chi connectivity index (χ2v) is 2.72. The Bertz CT molecular complexity index is 379. The van der Waals surface area contributed by atoms with Crippen molar-refractivity contribution in [3.05, 3.63) is 35.9 Å². The summed E-state index contributed by atoms with van der Waals surface area (Å²) in [6.07, 6.45) is 2.23. The molecule has 0 bridgehead atoms. The van der Waals surface area contributed by atoms with E-state index in [2.05, 4.69) is 9.98 Å². The molecule has 0 unspecified atom stereocenters. The summed E-state index contributed by atoms with van der Waals surface area (Å²) in [6.45, 7) is 0. The second-order valence-electron chi connectivity index (χ2n) is 2.72. The van der Waals surface area contributed by atoms with Crippen LogP contribution in [0.25, 0.3) is 0 Å². The molecule has 0 N–H and O–H groups in total. The third kappa shape index (κ3) is 1.69. The van der Waals surface area contributed by atoms with Crippen molar-refractivity contribution >= 4 is 18.0 Å². The fourth-order valence-electron chi connectivity index (χ4n) is 1.21. The maximum absolute atomic E-state index is 10.9. The van der Waals surface area contributed by atoms with Crippen molar-refractivity contribution in [3.63, 3.8) is 0 Å². The van der Waals surface area contributed by atoms with Crippen molar-refractivity contribution in [2.45, 2.75) is 6.42 Å².